The standard InChI is InChI=1S/C19H20N2O9S2/c1-12-4-7-16(30-31(3,24)25)14(8-12)9-13-5-6-15(17(10-13)29-19(23)28-2)21-11-18(22)20-32(21,26)27/h4-8,10-11,20,22H,9H2,1-3H3. The van der Waals surface area contributed by atoms with E-state index in [4.69, 9.17) is 8.92 Å². The van der Waals surface area contributed by atoms with Crippen LogP contribution >= 0.6 is 0 Å². The number of aliphatic hydroxyl groups is 1. The maximum absolute atomic E-state index is 12.2. The van der Waals surface area contributed by atoms with E-state index in [0.717, 1.165) is 25.1 Å². The number of ether oxygens (including phenoxy) is 2. The summed E-state index contributed by atoms with van der Waals surface area (Å²) in [6.07, 6.45) is 0.933. The Bertz CT molecular complexity index is 1300. The molecule has 0 saturated carbocycles. The highest BCUT2D eigenvalue weighted by molar-refractivity contribution is 7.91. The van der Waals surface area contributed by atoms with Crippen molar-refractivity contribution >= 4 is 32.2 Å². The van der Waals surface area contributed by atoms with Gasteiger partial charge in [-0.2, -0.15) is 16.8 Å². The van der Waals surface area contributed by atoms with Crippen molar-refractivity contribution in [2.45, 2.75) is 13.3 Å². The topological polar surface area (TPSA) is 149 Å². The van der Waals surface area contributed by atoms with Crippen LogP contribution in [0.25, 0.3) is 0 Å². The molecule has 13 heteroatoms. The van der Waals surface area contributed by atoms with Crippen LogP contribution < -0.4 is 17.9 Å². The maximum Gasteiger partial charge on any atom is 0.513 e. The van der Waals surface area contributed by atoms with Crippen molar-refractivity contribution in [3.63, 3.8) is 0 Å². The van der Waals surface area contributed by atoms with Crippen LogP contribution in [-0.2, 0) is 31.5 Å². The number of nitrogens with zero attached hydrogens (tertiary/aromatic N) is 1. The zero-order chi connectivity index (χ0) is 23.7. The van der Waals surface area contributed by atoms with Gasteiger partial charge in [0.2, 0.25) is 5.88 Å². The third kappa shape index (κ3) is 5.42. The highest BCUT2D eigenvalue weighted by atomic mass is 32.2. The molecule has 2 aromatic rings. The van der Waals surface area contributed by atoms with Crippen molar-refractivity contribution in [2.24, 2.45) is 0 Å². The summed E-state index contributed by atoms with van der Waals surface area (Å²) in [6, 6.07) is 9.30. The quantitative estimate of drug-likeness (QED) is 0.357. The van der Waals surface area contributed by atoms with E-state index in [2.05, 4.69) is 4.74 Å². The Balaban J connectivity index is 2.04. The lowest BCUT2D eigenvalue weighted by Gasteiger charge is -2.18. The minimum absolute atomic E-state index is 0.0625. The predicted molar refractivity (Wildman–Crippen MR) is 114 cm³/mol. The number of aryl methyl sites for hydroxylation is 1. The third-order valence-corrected chi connectivity index (χ3v) is 5.97. The number of benzene rings is 2. The zero-order valence-electron chi connectivity index (χ0n) is 17.2. The first-order chi connectivity index (χ1) is 14.9. The van der Waals surface area contributed by atoms with Gasteiger partial charge in [0.05, 0.1) is 19.6 Å². The molecule has 0 radical (unpaired) electrons. The summed E-state index contributed by atoms with van der Waals surface area (Å²) >= 11 is 0. The molecule has 0 amide bonds. The number of carbonyl (C=O) groups is 1. The molecule has 1 aliphatic heterocycles. The molecule has 172 valence electrons. The van der Waals surface area contributed by atoms with Gasteiger partial charge in [-0.05, 0) is 30.7 Å². The number of carbonyl (C=O) groups excluding carboxylic acids is 1. The van der Waals surface area contributed by atoms with Crippen molar-refractivity contribution in [3.05, 3.63) is 65.2 Å². The van der Waals surface area contributed by atoms with Gasteiger partial charge in [-0.1, -0.05) is 23.8 Å². The molecule has 3 rings (SSSR count). The van der Waals surface area contributed by atoms with Gasteiger partial charge in [-0.25, -0.2) is 13.8 Å². The largest absolute Gasteiger partial charge is 0.513 e. The van der Waals surface area contributed by atoms with E-state index < -0.39 is 32.4 Å². The van der Waals surface area contributed by atoms with Crippen LogP contribution in [0.15, 0.2) is 48.5 Å². The number of nitrogens with one attached hydrogen (secondary N) is 1. The fourth-order valence-electron chi connectivity index (χ4n) is 2.96. The van der Waals surface area contributed by atoms with Gasteiger partial charge in [0.1, 0.15) is 11.4 Å². The summed E-state index contributed by atoms with van der Waals surface area (Å²) in [7, 11) is -6.81. The van der Waals surface area contributed by atoms with E-state index in [1.165, 1.54) is 18.2 Å². The molecule has 0 aliphatic carbocycles. The molecule has 0 saturated heterocycles. The lowest BCUT2D eigenvalue weighted by Crippen LogP contribution is -2.30. The molecule has 2 N–H and O–H groups in total. The Kier molecular flexibility index (Phi) is 6.23. The summed E-state index contributed by atoms with van der Waals surface area (Å²) in [5, 5.41) is 9.55. The molecule has 0 spiro atoms. The first-order valence-corrected chi connectivity index (χ1v) is 12.2. The van der Waals surface area contributed by atoms with Gasteiger partial charge in [-0.15, -0.1) is 0 Å². The fourth-order valence-corrected chi connectivity index (χ4v) is 4.51. The van der Waals surface area contributed by atoms with E-state index in [0.29, 0.717) is 15.4 Å². The number of aliphatic hydroxyl groups excluding tert-OH is 1. The average Bonchev–Trinajstić information content (AvgIpc) is 2.95. The van der Waals surface area contributed by atoms with Crippen LogP contribution in [0.2, 0.25) is 0 Å². The number of anilines is 1. The molecule has 2 aromatic carbocycles. The summed E-state index contributed by atoms with van der Waals surface area (Å²) < 4.78 is 64.9. The zero-order valence-corrected chi connectivity index (χ0v) is 18.9. The van der Waals surface area contributed by atoms with E-state index in [9.17, 15) is 26.7 Å². The molecule has 0 unspecified atom stereocenters. The van der Waals surface area contributed by atoms with Gasteiger partial charge >= 0.3 is 26.5 Å². The van der Waals surface area contributed by atoms with Crippen LogP contribution in [0.1, 0.15) is 16.7 Å². The summed E-state index contributed by atoms with van der Waals surface area (Å²) in [6.45, 7) is 1.83. The SMILES string of the molecule is COC(=O)Oc1cc(Cc2cc(C)ccc2OS(C)(=O)=O)ccc1N1C=C(O)NS1(=O)=O. The minimum atomic E-state index is -4.14. The highest BCUT2D eigenvalue weighted by Crippen LogP contribution is 2.35. The van der Waals surface area contributed by atoms with E-state index in [1.807, 2.05) is 11.6 Å². The van der Waals surface area contributed by atoms with Crippen molar-refractivity contribution in [1.82, 2.24) is 4.72 Å². The van der Waals surface area contributed by atoms with E-state index in [1.54, 1.807) is 18.2 Å². The van der Waals surface area contributed by atoms with Gasteiger partial charge < -0.3 is 18.8 Å². The van der Waals surface area contributed by atoms with Gasteiger partial charge in [0, 0.05) is 12.0 Å². The van der Waals surface area contributed by atoms with Gasteiger partial charge in [0.25, 0.3) is 0 Å². The smallest absolute Gasteiger partial charge is 0.493 e. The van der Waals surface area contributed by atoms with Crippen LogP contribution in [0.4, 0.5) is 10.5 Å². The van der Waals surface area contributed by atoms with Crippen molar-refractivity contribution in [1.29, 1.82) is 0 Å². The van der Waals surface area contributed by atoms with Crippen molar-refractivity contribution < 1.29 is 40.4 Å². The molecule has 0 fully saturated rings. The second kappa shape index (κ2) is 8.59. The molecule has 1 aliphatic rings. The van der Waals surface area contributed by atoms with Crippen molar-refractivity contribution in [2.75, 3.05) is 17.7 Å². The first-order valence-electron chi connectivity index (χ1n) is 8.98. The molecule has 11 nitrogen and oxygen atoms in total. The normalized spacial score (nSPS) is 15.0. The Labute approximate surface area is 185 Å². The average molecular weight is 485 g/mol. The Hall–Kier alpha value is -3.45. The molecule has 32 heavy (non-hydrogen) atoms. The monoisotopic (exact) mass is 484 g/mol. The lowest BCUT2D eigenvalue weighted by molar-refractivity contribution is 0.121. The number of methoxy groups -OCH3 is 1. The molecule has 0 aromatic heterocycles. The van der Waals surface area contributed by atoms with E-state index in [-0.39, 0.29) is 23.6 Å². The van der Waals surface area contributed by atoms with Gasteiger partial charge in [-0.3, -0.25) is 0 Å². The third-order valence-electron chi connectivity index (χ3n) is 4.21. The second-order valence-corrected chi connectivity index (χ2v) is 9.97. The Morgan fingerprint density at radius 1 is 1.16 bits per heavy atom. The summed E-state index contributed by atoms with van der Waals surface area (Å²) in [5.74, 6) is -0.638. The van der Waals surface area contributed by atoms with E-state index >= 15 is 0 Å². The van der Waals surface area contributed by atoms with Crippen LogP contribution in [0.5, 0.6) is 11.5 Å². The fraction of sp³-hybridized carbons (Fsp3) is 0.211. The molecule has 0 bridgehead atoms. The summed E-state index contributed by atoms with van der Waals surface area (Å²) in [5.41, 5.74) is 1.89. The number of rotatable bonds is 6. The van der Waals surface area contributed by atoms with Crippen LogP contribution in [0.3, 0.4) is 0 Å². The number of hydrogen-bond donors (Lipinski definition) is 2. The van der Waals surface area contributed by atoms with Gasteiger partial charge in [0.15, 0.2) is 5.75 Å². The number of hydrogen-bond acceptors (Lipinski definition) is 9. The Morgan fingerprint density at radius 2 is 1.88 bits per heavy atom. The first kappa shape index (κ1) is 23.2. The maximum atomic E-state index is 12.2. The van der Waals surface area contributed by atoms with Crippen molar-refractivity contribution in [3.8, 4) is 11.5 Å². The Morgan fingerprint density at radius 3 is 2.47 bits per heavy atom. The lowest BCUT2D eigenvalue weighted by atomic mass is 10.0. The molecule has 1 heterocycles. The molecule has 0 atom stereocenters. The molecular formula is C19H20N2O9S2. The predicted octanol–water partition coefficient (Wildman–Crippen LogP) is 2.08. The van der Waals surface area contributed by atoms with Crippen LogP contribution in [-0.4, -0.2) is 41.5 Å². The minimum Gasteiger partial charge on any atom is -0.493 e. The molecular weight excluding hydrogens is 464 g/mol. The second-order valence-electron chi connectivity index (χ2n) is 6.85. The highest BCUT2D eigenvalue weighted by Gasteiger charge is 2.31. The summed E-state index contributed by atoms with van der Waals surface area (Å²) in [4.78, 5) is 11.7. The van der Waals surface area contributed by atoms with Crippen LogP contribution in [0, 0.1) is 6.92 Å².